The van der Waals surface area contributed by atoms with Crippen LogP contribution in [0.2, 0.25) is 0 Å². The molecule has 1 aliphatic carbocycles. The molecule has 3 N–H and O–H groups in total. The van der Waals surface area contributed by atoms with Crippen LogP contribution in [0.15, 0.2) is 24.3 Å². The van der Waals surface area contributed by atoms with Gasteiger partial charge in [-0.25, -0.2) is 0 Å². The summed E-state index contributed by atoms with van der Waals surface area (Å²) in [6.45, 7) is 0.988. The number of benzene rings is 1. The van der Waals surface area contributed by atoms with E-state index in [9.17, 15) is 4.79 Å². The van der Waals surface area contributed by atoms with Gasteiger partial charge in [-0.3, -0.25) is 4.79 Å². The first-order valence-electron chi connectivity index (χ1n) is 7.48. The van der Waals surface area contributed by atoms with Crippen LogP contribution in [0.1, 0.15) is 44.1 Å². The van der Waals surface area contributed by atoms with Crippen LogP contribution < -0.4 is 11.1 Å². The van der Waals surface area contributed by atoms with Crippen molar-refractivity contribution in [3.8, 4) is 0 Å². The van der Waals surface area contributed by atoms with E-state index in [-0.39, 0.29) is 5.91 Å². The second-order valence-electron chi connectivity index (χ2n) is 5.36. The molecule has 0 unspecified atom stereocenters. The molecule has 20 heavy (non-hydrogen) atoms. The lowest BCUT2D eigenvalue weighted by molar-refractivity contribution is -0.116. The van der Waals surface area contributed by atoms with Crippen LogP contribution >= 0.6 is 0 Å². The molecule has 0 radical (unpaired) electrons. The number of ether oxygens (including phenoxy) is 1. The molecule has 1 aliphatic rings. The molecule has 4 heteroatoms. The van der Waals surface area contributed by atoms with Gasteiger partial charge in [-0.05, 0) is 30.5 Å². The molecule has 1 saturated carbocycles. The minimum absolute atomic E-state index is 0.0437. The van der Waals surface area contributed by atoms with E-state index >= 15 is 0 Å². The number of carbonyl (C=O) groups excluding carboxylic acids is 1. The zero-order valence-electron chi connectivity index (χ0n) is 11.9. The molecule has 0 aromatic heterocycles. The molecule has 0 heterocycles. The first kappa shape index (κ1) is 15.0. The third kappa shape index (κ3) is 4.94. The quantitative estimate of drug-likeness (QED) is 0.839. The number of nitrogens with one attached hydrogen (secondary N) is 1. The highest BCUT2D eigenvalue weighted by Gasteiger charge is 2.13. The van der Waals surface area contributed by atoms with Crippen molar-refractivity contribution in [2.75, 3.05) is 11.9 Å². The van der Waals surface area contributed by atoms with Crippen LogP contribution in [0.3, 0.4) is 0 Å². The Kier molecular flexibility index (Phi) is 6.02. The van der Waals surface area contributed by atoms with Gasteiger partial charge in [0.05, 0.1) is 12.7 Å². The highest BCUT2D eigenvalue weighted by Crippen LogP contribution is 2.22. The first-order chi connectivity index (χ1) is 9.78. The van der Waals surface area contributed by atoms with E-state index in [1.165, 1.54) is 32.1 Å². The number of anilines is 1. The molecule has 4 nitrogen and oxygen atoms in total. The fraction of sp³-hybridized carbons (Fsp3) is 0.562. The van der Waals surface area contributed by atoms with Crippen molar-refractivity contribution in [2.24, 2.45) is 5.73 Å². The van der Waals surface area contributed by atoms with Gasteiger partial charge < -0.3 is 15.8 Å². The van der Waals surface area contributed by atoms with Crippen LogP contribution in [0.25, 0.3) is 0 Å². The summed E-state index contributed by atoms with van der Waals surface area (Å²) >= 11 is 0. The number of hydrogen-bond acceptors (Lipinski definition) is 3. The summed E-state index contributed by atoms with van der Waals surface area (Å²) in [4.78, 5) is 11.5. The van der Waals surface area contributed by atoms with Crippen LogP contribution in [0, 0.1) is 0 Å². The molecule has 1 fully saturated rings. The molecule has 1 aromatic carbocycles. The van der Waals surface area contributed by atoms with Gasteiger partial charge in [0.1, 0.15) is 0 Å². The Balaban J connectivity index is 1.83. The fourth-order valence-electron chi connectivity index (χ4n) is 2.54. The molecule has 0 saturated heterocycles. The molecule has 110 valence electrons. The van der Waals surface area contributed by atoms with Crippen LogP contribution in [0.5, 0.6) is 0 Å². The van der Waals surface area contributed by atoms with Gasteiger partial charge >= 0.3 is 0 Å². The molecule has 0 atom stereocenters. The van der Waals surface area contributed by atoms with E-state index < -0.39 is 0 Å². The van der Waals surface area contributed by atoms with Crippen molar-refractivity contribution in [2.45, 2.75) is 51.2 Å². The van der Waals surface area contributed by atoms with Crippen LogP contribution in [0.4, 0.5) is 5.69 Å². The van der Waals surface area contributed by atoms with Gasteiger partial charge in [0.25, 0.3) is 0 Å². The fourth-order valence-corrected chi connectivity index (χ4v) is 2.54. The number of hydrogen-bond donors (Lipinski definition) is 2. The van der Waals surface area contributed by atoms with E-state index in [2.05, 4.69) is 5.32 Å². The summed E-state index contributed by atoms with van der Waals surface area (Å²) in [5.74, 6) is -0.0437. The average Bonchev–Trinajstić information content (AvgIpc) is 2.47. The third-order valence-corrected chi connectivity index (χ3v) is 3.62. The number of nitrogens with two attached hydrogens (primary N) is 1. The minimum Gasteiger partial charge on any atom is -0.374 e. The number of carbonyl (C=O) groups is 1. The Morgan fingerprint density at radius 3 is 2.85 bits per heavy atom. The summed E-state index contributed by atoms with van der Waals surface area (Å²) in [5, 5.41) is 2.85. The SMILES string of the molecule is NCCC(=O)Nc1cccc(COC2CCCCC2)c1. The summed E-state index contributed by atoms with van der Waals surface area (Å²) in [6.07, 6.45) is 6.99. The van der Waals surface area contributed by atoms with Crippen LogP contribution in [-0.4, -0.2) is 18.6 Å². The Morgan fingerprint density at radius 1 is 1.30 bits per heavy atom. The van der Waals surface area contributed by atoms with E-state index in [4.69, 9.17) is 10.5 Å². The Labute approximate surface area is 120 Å². The summed E-state index contributed by atoms with van der Waals surface area (Å²) in [7, 11) is 0. The molecule has 0 spiro atoms. The van der Waals surface area contributed by atoms with Crippen molar-refractivity contribution in [3.05, 3.63) is 29.8 Å². The molecule has 2 rings (SSSR count). The predicted octanol–water partition coefficient (Wildman–Crippen LogP) is 2.82. The minimum atomic E-state index is -0.0437. The van der Waals surface area contributed by atoms with Crippen LogP contribution in [-0.2, 0) is 16.1 Å². The van der Waals surface area contributed by atoms with Gasteiger partial charge in [0.2, 0.25) is 5.91 Å². The van der Waals surface area contributed by atoms with E-state index in [1.54, 1.807) is 0 Å². The summed E-state index contributed by atoms with van der Waals surface area (Å²) in [5.41, 5.74) is 7.27. The van der Waals surface area contributed by atoms with E-state index in [0.29, 0.717) is 25.7 Å². The highest BCUT2D eigenvalue weighted by atomic mass is 16.5. The zero-order valence-corrected chi connectivity index (χ0v) is 11.9. The van der Waals surface area contributed by atoms with Crippen molar-refractivity contribution in [1.82, 2.24) is 0 Å². The van der Waals surface area contributed by atoms with E-state index in [1.807, 2.05) is 24.3 Å². The average molecular weight is 276 g/mol. The molecular formula is C16H24N2O2. The normalized spacial score (nSPS) is 16.1. The smallest absolute Gasteiger partial charge is 0.225 e. The van der Waals surface area contributed by atoms with E-state index in [0.717, 1.165) is 11.3 Å². The molecule has 1 aromatic rings. The Bertz CT molecular complexity index is 428. The maximum absolute atomic E-state index is 11.5. The lowest BCUT2D eigenvalue weighted by Gasteiger charge is -2.22. The Morgan fingerprint density at radius 2 is 2.10 bits per heavy atom. The van der Waals surface area contributed by atoms with Gasteiger partial charge in [-0.1, -0.05) is 31.4 Å². The zero-order chi connectivity index (χ0) is 14.2. The van der Waals surface area contributed by atoms with Crippen molar-refractivity contribution < 1.29 is 9.53 Å². The first-order valence-corrected chi connectivity index (χ1v) is 7.48. The third-order valence-electron chi connectivity index (χ3n) is 3.62. The molecular weight excluding hydrogens is 252 g/mol. The van der Waals surface area contributed by atoms with Gasteiger partial charge in [0, 0.05) is 18.7 Å². The standard InChI is InChI=1S/C16H24N2O2/c17-10-9-16(19)18-14-6-4-5-13(11-14)12-20-15-7-2-1-3-8-15/h4-6,11,15H,1-3,7-10,12,17H2,(H,18,19). The largest absolute Gasteiger partial charge is 0.374 e. The van der Waals surface area contributed by atoms with Gasteiger partial charge in [0.15, 0.2) is 0 Å². The lowest BCUT2D eigenvalue weighted by atomic mass is 9.98. The Hall–Kier alpha value is -1.39. The van der Waals surface area contributed by atoms with Crippen molar-refractivity contribution in [3.63, 3.8) is 0 Å². The maximum atomic E-state index is 11.5. The lowest BCUT2D eigenvalue weighted by Crippen LogP contribution is -2.17. The number of rotatable bonds is 6. The molecule has 0 aliphatic heterocycles. The summed E-state index contributed by atoms with van der Waals surface area (Å²) < 4.78 is 5.94. The molecule has 0 bridgehead atoms. The maximum Gasteiger partial charge on any atom is 0.225 e. The number of amides is 1. The monoisotopic (exact) mass is 276 g/mol. The van der Waals surface area contributed by atoms with Crippen molar-refractivity contribution >= 4 is 11.6 Å². The van der Waals surface area contributed by atoms with Gasteiger partial charge in [-0.15, -0.1) is 0 Å². The van der Waals surface area contributed by atoms with Crippen molar-refractivity contribution in [1.29, 1.82) is 0 Å². The van der Waals surface area contributed by atoms with Gasteiger partial charge in [-0.2, -0.15) is 0 Å². The predicted molar refractivity (Wildman–Crippen MR) is 80.4 cm³/mol. The highest BCUT2D eigenvalue weighted by molar-refractivity contribution is 5.90. The molecule has 1 amide bonds. The summed E-state index contributed by atoms with van der Waals surface area (Å²) in [6, 6.07) is 7.83. The second kappa shape index (κ2) is 8.02. The second-order valence-corrected chi connectivity index (χ2v) is 5.36. The topological polar surface area (TPSA) is 64.4 Å².